The van der Waals surface area contributed by atoms with E-state index in [2.05, 4.69) is 74.5 Å². The standard InChI is InChI=1S/C16H18BrN3S/c1-10(2)20-16(13(17)8-19-20)15(18-3)12-9-21-14-7-5-4-6-11(12)14/h4-10,15,18H,1-3H3. The molecule has 0 aliphatic heterocycles. The number of rotatable bonds is 4. The molecule has 0 saturated carbocycles. The van der Waals surface area contributed by atoms with Gasteiger partial charge in [-0.25, -0.2) is 0 Å². The highest BCUT2D eigenvalue weighted by Crippen LogP contribution is 2.36. The smallest absolute Gasteiger partial charge is 0.0771 e. The summed E-state index contributed by atoms with van der Waals surface area (Å²) in [6.07, 6.45) is 1.88. The van der Waals surface area contributed by atoms with Crippen LogP contribution in [-0.2, 0) is 0 Å². The van der Waals surface area contributed by atoms with Gasteiger partial charge >= 0.3 is 0 Å². The molecule has 5 heteroatoms. The highest BCUT2D eigenvalue weighted by atomic mass is 79.9. The van der Waals surface area contributed by atoms with Gasteiger partial charge in [-0.15, -0.1) is 11.3 Å². The van der Waals surface area contributed by atoms with Crippen molar-refractivity contribution in [3.8, 4) is 0 Å². The van der Waals surface area contributed by atoms with Crippen LogP contribution in [0.1, 0.15) is 37.2 Å². The average molecular weight is 364 g/mol. The molecule has 3 nitrogen and oxygen atoms in total. The first-order valence-electron chi connectivity index (χ1n) is 6.99. The summed E-state index contributed by atoms with van der Waals surface area (Å²) < 4.78 is 4.45. The molecule has 0 amide bonds. The van der Waals surface area contributed by atoms with Gasteiger partial charge in [0.2, 0.25) is 0 Å². The molecule has 0 fully saturated rings. The number of nitrogens with zero attached hydrogens (tertiary/aromatic N) is 2. The Morgan fingerprint density at radius 3 is 2.76 bits per heavy atom. The molecule has 0 bridgehead atoms. The summed E-state index contributed by atoms with van der Waals surface area (Å²) in [4.78, 5) is 0. The maximum atomic E-state index is 4.51. The Kier molecular flexibility index (Phi) is 4.15. The van der Waals surface area contributed by atoms with Crippen LogP contribution in [-0.4, -0.2) is 16.8 Å². The van der Waals surface area contributed by atoms with Gasteiger partial charge in [0, 0.05) is 10.7 Å². The van der Waals surface area contributed by atoms with Gasteiger partial charge in [0.05, 0.1) is 22.4 Å². The number of halogens is 1. The van der Waals surface area contributed by atoms with E-state index in [1.807, 2.05) is 13.2 Å². The second kappa shape index (κ2) is 5.91. The number of aromatic nitrogens is 2. The molecule has 0 radical (unpaired) electrons. The quantitative estimate of drug-likeness (QED) is 0.724. The zero-order valence-corrected chi connectivity index (χ0v) is 14.7. The van der Waals surface area contributed by atoms with Crippen molar-refractivity contribution in [2.45, 2.75) is 25.9 Å². The third kappa shape index (κ3) is 2.54. The summed E-state index contributed by atoms with van der Waals surface area (Å²) in [5, 5.41) is 11.5. The Morgan fingerprint density at radius 1 is 1.29 bits per heavy atom. The summed E-state index contributed by atoms with van der Waals surface area (Å²) in [6, 6.07) is 9.00. The number of hydrogen-bond acceptors (Lipinski definition) is 3. The van der Waals surface area contributed by atoms with Gasteiger partial charge in [0.1, 0.15) is 0 Å². The van der Waals surface area contributed by atoms with Gasteiger partial charge in [-0.3, -0.25) is 4.68 Å². The van der Waals surface area contributed by atoms with Crippen molar-refractivity contribution in [2.24, 2.45) is 0 Å². The Balaban J connectivity index is 2.17. The van der Waals surface area contributed by atoms with Crippen LogP contribution in [0, 0.1) is 0 Å². The lowest BCUT2D eigenvalue weighted by Gasteiger charge is -2.20. The predicted molar refractivity (Wildman–Crippen MR) is 93.0 cm³/mol. The first-order valence-corrected chi connectivity index (χ1v) is 8.67. The lowest BCUT2D eigenvalue weighted by atomic mass is 10.0. The number of nitrogens with one attached hydrogen (secondary N) is 1. The minimum atomic E-state index is 0.125. The Labute approximate surface area is 137 Å². The van der Waals surface area contributed by atoms with Crippen molar-refractivity contribution in [1.29, 1.82) is 0 Å². The molecule has 21 heavy (non-hydrogen) atoms. The fourth-order valence-electron chi connectivity index (χ4n) is 2.69. The molecular weight excluding hydrogens is 346 g/mol. The van der Waals surface area contributed by atoms with Crippen molar-refractivity contribution >= 4 is 37.4 Å². The largest absolute Gasteiger partial charge is 0.308 e. The molecule has 1 unspecified atom stereocenters. The van der Waals surface area contributed by atoms with Crippen LogP contribution in [0.5, 0.6) is 0 Å². The van der Waals surface area contributed by atoms with Crippen LogP contribution >= 0.6 is 27.3 Å². The molecule has 3 aromatic rings. The second-order valence-electron chi connectivity index (χ2n) is 5.32. The molecule has 3 rings (SSSR count). The second-order valence-corrected chi connectivity index (χ2v) is 7.09. The number of hydrogen-bond donors (Lipinski definition) is 1. The summed E-state index contributed by atoms with van der Waals surface area (Å²) in [5.74, 6) is 0. The molecule has 1 atom stereocenters. The molecular formula is C16H18BrN3S. The van der Waals surface area contributed by atoms with Crippen molar-refractivity contribution in [1.82, 2.24) is 15.1 Å². The SMILES string of the molecule is CNC(c1csc2ccccc12)c1c(Br)cnn1C(C)C. The number of benzene rings is 1. The molecule has 0 saturated heterocycles. The zero-order chi connectivity index (χ0) is 15.0. The summed E-state index contributed by atoms with van der Waals surface area (Å²) in [5.41, 5.74) is 2.48. The van der Waals surface area contributed by atoms with Crippen LogP contribution in [0.2, 0.25) is 0 Å². The minimum Gasteiger partial charge on any atom is -0.308 e. The van der Waals surface area contributed by atoms with Gasteiger partial charge in [-0.1, -0.05) is 18.2 Å². The predicted octanol–water partition coefficient (Wildman–Crippen LogP) is 4.75. The monoisotopic (exact) mass is 363 g/mol. The number of fused-ring (bicyclic) bond motifs is 1. The fourth-order valence-corrected chi connectivity index (χ4v) is 4.18. The third-order valence-corrected chi connectivity index (χ3v) is 5.25. The van der Waals surface area contributed by atoms with Gasteiger partial charge in [0.25, 0.3) is 0 Å². The molecule has 1 aromatic carbocycles. The molecule has 0 spiro atoms. The van der Waals surface area contributed by atoms with Gasteiger partial charge < -0.3 is 5.32 Å². The maximum Gasteiger partial charge on any atom is 0.0771 e. The van der Waals surface area contributed by atoms with Crippen molar-refractivity contribution in [2.75, 3.05) is 7.05 Å². The number of thiophene rings is 1. The van der Waals surface area contributed by atoms with E-state index in [1.165, 1.54) is 21.3 Å². The van der Waals surface area contributed by atoms with Crippen molar-refractivity contribution in [3.05, 3.63) is 51.6 Å². The van der Waals surface area contributed by atoms with E-state index in [1.54, 1.807) is 11.3 Å². The van der Waals surface area contributed by atoms with E-state index in [-0.39, 0.29) is 6.04 Å². The molecule has 110 valence electrons. The van der Waals surface area contributed by atoms with Crippen LogP contribution in [0.4, 0.5) is 0 Å². The van der Waals surface area contributed by atoms with Crippen molar-refractivity contribution < 1.29 is 0 Å². The normalized spacial score (nSPS) is 13.2. The highest BCUT2D eigenvalue weighted by Gasteiger charge is 2.24. The van der Waals surface area contributed by atoms with E-state index < -0.39 is 0 Å². The van der Waals surface area contributed by atoms with Crippen LogP contribution in [0.3, 0.4) is 0 Å². The van der Waals surface area contributed by atoms with Gasteiger partial charge in [-0.05, 0) is 59.2 Å². The Morgan fingerprint density at radius 2 is 2.05 bits per heavy atom. The molecule has 2 aromatic heterocycles. The van der Waals surface area contributed by atoms with E-state index in [9.17, 15) is 0 Å². The highest BCUT2D eigenvalue weighted by molar-refractivity contribution is 9.10. The minimum absolute atomic E-state index is 0.125. The topological polar surface area (TPSA) is 29.9 Å². The Bertz CT molecular complexity index is 760. The fraction of sp³-hybridized carbons (Fsp3) is 0.312. The van der Waals surface area contributed by atoms with Gasteiger partial charge in [0.15, 0.2) is 0 Å². The first kappa shape index (κ1) is 14.8. The summed E-state index contributed by atoms with van der Waals surface area (Å²) >= 11 is 5.45. The van der Waals surface area contributed by atoms with Crippen LogP contribution < -0.4 is 5.32 Å². The van der Waals surface area contributed by atoms with Gasteiger partial charge in [-0.2, -0.15) is 5.10 Å². The molecule has 2 heterocycles. The third-order valence-electron chi connectivity index (χ3n) is 3.66. The summed E-state index contributed by atoms with van der Waals surface area (Å²) in [7, 11) is 2.00. The maximum absolute atomic E-state index is 4.51. The van der Waals surface area contributed by atoms with Crippen LogP contribution in [0.25, 0.3) is 10.1 Å². The average Bonchev–Trinajstić information content (AvgIpc) is 3.06. The summed E-state index contributed by atoms with van der Waals surface area (Å²) in [6.45, 7) is 4.31. The van der Waals surface area contributed by atoms with E-state index in [0.29, 0.717) is 6.04 Å². The van der Waals surface area contributed by atoms with Crippen LogP contribution in [0.15, 0.2) is 40.3 Å². The van der Waals surface area contributed by atoms with E-state index in [4.69, 9.17) is 0 Å². The lowest BCUT2D eigenvalue weighted by molar-refractivity contribution is 0.484. The Hall–Kier alpha value is -1.17. The van der Waals surface area contributed by atoms with E-state index in [0.717, 1.165) is 4.47 Å². The first-order chi connectivity index (χ1) is 10.1. The molecule has 0 aliphatic rings. The molecule has 1 N–H and O–H groups in total. The van der Waals surface area contributed by atoms with E-state index >= 15 is 0 Å². The zero-order valence-electron chi connectivity index (χ0n) is 12.3. The molecule has 0 aliphatic carbocycles. The van der Waals surface area contributed by atoms with Crippen molar-refractivity contribution in [3.63, 3.8) is 0 Å². The lowest BCUT2D eigenvalue weighted by Crippen LogP contribution is -2.22.